The van der Waals surface area contributed by atoms with Gasteiger partial charge in [0.15, 0.2) is 5.13 Å². The fraction of sp³-hybridized carbons (Fsp3) is 0.111. The van der Waals surface area contributed by atoms with E-state index in [1.54, 1.807) is 0 Å². The molecule has 0 spiro atoms. The Bertz CT molecular complexity index is 512. The topological polar surface area (TPSA) is 88.8 Å². The summed E-state index contributed by atoms with van der Waals surface area (Å²) in [5, 5.41) is 9.89. The lowest BCUT2D eigenvalue weighted by atomic mass is 10.2. The maximum Gasteiger partial charge on any atom is 0.180 e. The van der Waals surface area contributed by atoms with Gasteiger partial charge in [0.25, 0.3) is 0 Å². The number of aromatic nitrogens is 1. The number of nitrogens with zero attached hydrogens (tertiary/aromatic N) is 1. The zero-order chi connectivity index (χ0) is 11.0. The van der Waals surface area contributed by atoms with E-state index in [-0.39, 0.29) is 5.84 Å². The molecule has 0 bridgehead atoms. The molecule has 0 unspecified atom stereocenters. The lowest BCUT2D eigenvalue weighted by Gasteiger charge is -1.96. The molecule has 0 radical (unpaired) electrons. The molecule has 5 N–H and O–H groups in total. The predicted octanol–water partition coefficient (Wildman–Crippen LogP) is 2.05. The van der Waals surface area contributed by atoms with Gasteiger partial charge in [-0.15, -0.1) is 22.7 Å². The van der Waals surface area contributed by atoms with Crippen LogP contribution in [0.25, 0.3) is 11.3 Å². The molecule has 0 atom stereocenters. The van der Waals surface area contributed by atoms with Crippen molar-refractivity contribution in [2.24, 2.45) is 5.73 Å². The van der Waals surface area contributed by atoms with Crippen molar-refractivity contribution in [2.75, 3.05) is 5.73 Å². The van der Waals surface area contributed by atoms with Gasteiger partial charge in [-0.05, 0) is 13.0 Å². The maximum atomic E-state index is 7.48. The number of rotatable bonds is 2. The zero-order valence-electron chi connectivity index (χ0n) is 8.07. The van der Waals surface area contributed by atoms with E-state index in [2.05, 4.69) is 4.98 Å². The summed E-state index contributed by atoms with van der Waals surface area (Å²) in [7, 11) is 0. The summed E-state index contributed by atoms with van der Waals surface area (Å²) >= 11 is 2.89. The molecule has 6 heteroatoms. The Morgan fingerprint density at radius 3 is 2.80 bits per heavy atom. The Morgan fingerprint density at radius 1 is 1.53 bits per heavy atom. The molecular weight excluding hydrogens is 228 g/mol. The monoisotopic (exact) mass is 238 g/mol. The van der Waals surface area contributed by atoms with Gasteiger partial charge in [-0.1, -0.05) is 0 Å². The summed E-state index contributed by atoms with van der Waals surface area (Å²) in [5.74, 6) is 0.0784. The molecule has 0 saturated heterocycles. The smallest absolute Gasteiger partial charge is 0.180 e. The summed E-state index contributed by atoms with van der Waals surface area (Å²) in [4.78, 5) is 6.06. The highest BCUT2D eigenvalue weighted by atomic mass is 32.1. The summed E-state index contributed by atoms with van der Waals surface area (Å²) in [6.07, 6.45) is 0. The van der Waals surface area contributed by atoms with Gasteiger partial charge < -0.3 is 11.5 Å². The van der Waals surface area contributed by atoms with Crippen LogP contribution in [-0.2, 0) is 0 Å². The van der Waals surface area contributed by atoms with Gasteiger partial charge >= 0.3 is 0 Å². The number of hydrogen-bond acceptors (Lipinski definition) is 5. The third-order valence-corrected chi connectivity index (χ3v) is 3.66. The van der Waals surface area contributed by atoms with Crippen molar-refractivity contribution in [2.45, 2.75) is 6.92 Å². The molecule has 0 fully saturated rings. The standard InChI is InChI=1S/C9H10N4S2/c1-4-2-5(7(15-4)8(10)11)6-3-14-9(12)13-6/h2-3H,1H3,(H3,10,11)(H2,12,13). The van der Waals surface area contributed by atoms with Crippen LogP contribution in [0, 0.1) is 12.3 Å². The van der Waals surface area contributed by atoms with E-state index >= 15 is 0 Å². The number of nitrogens with one attached hydrogen (secondary N) is 1. The first-order valence-electron chi connectivity index (χ1n) is 4.24. The largest absolute Gasteiger partial charge is 0.383 e. The van der Waals surface area contributed by atoms with Crippen LogP contribution in [-0.4, -0.2) is 10.8 Å². The Hall–Kier alpha value is -1.40. The average molecular weight is 238 g/mol. The third kappa shape index (κ3) is 1.86. The second-order valence-electron chi connectivity index (χ2n) is 3.08. The van der Waals surface area contributed by atoms with E-state index in [4.69, 9.17) is 16.9 Å². The normalized spacial score (nSPS) is 10.5. The molecule has 2 rings (SSSR count). The van der Waals surface area contributed by atoms with Crippen LogP contribution < -0.4 is 11.5 Å². The zero-order valence-corrected chi connectivity index (χ0v) is 9.71. The Morgan fingerprint density at radius 2 is 2.27 bits per heavy atom. The van der Waals surface area contributed by atoms with Crippen molar-refractivity contribution < 1.29 is 0 Å². The minimum Gasteiger partial charge on any atom is -0.383 e. The van der Waals surface area contributed by atoms with Crippen molar-refractivity contribution in [3.63, 3.8) is 0 Å². The minimum atomic E-state index is 0.0784. The van der Waals surface area contributed by atoms with E-state index in [1.165, 1.54) is 22.7 Å². The van der Waals surface area contributed by atoms with Crippen molar-refractivity contribution in [1.82, 2.24) is 4.98 Å². The lowest BCUT2D eigenvalue weighted by molar-refractivity contribution is 1.40. The molecule has 15 heavy (non-hydrogen) atoms. The molecule has 0 saturated carbocycles. The minimum absolute atomic E-state index is 0.0784. The van der Waals surface area contributed by atoms with Crippen LogP contribution in [0.4, 0.5) is 5.13 Å². The SMILES string of the molecule is Cc1cc(-c2csc(N)n2)c(C(=N)N)s1. The Balaban J connectivity index is 2.56. The van der Waals surface area contributed by atoms with Gasteiger partial charge in [0.1, 0.15) is 5.84 Å². The molecule has 0 aliphatic rings. The van der Waals surface area contributed by atoms with Crippen LogP contribution in [0.2, 0.25) is 0 Å². The van der Waals surface area contributed by atoms with E-state index in [0.29, 0.717) is 5.13 Å². The van der Waals surface area contributed by atoms with E-state index in [1.807, 2.05) is 18.4 Å². The van der Waals surface area contributed by atoms with Gasteiger partial charge in [-0.2, -0.15) is 0 Å². The number of anilines is 1. The van der Waals surface area contributed by atoms with Gasteiger partial charge in [-0.25, -0.2) is 4.98 Å². The molecular formula is C9H10N4S2. The fourth-order valence-corrected chi connectivity index (χ4v) is 2.76. The fourth-order valence-electron chi connectivity index (χ4n) is 1.32. The molecule has 2 aromatic heterocycles. The average Bonchev–Trinajstić information content (AvgIpc) is 2.71. The summed E-state index contributed by atoms with van der Waals surface area (Å²) in [6.45, 7) is 1.98. The first-order valence-corrected chi connectivity index (χ1v) is 5.93. The van der Waals surface area contributed by atoms with E-state index < -0.39 is 0 Å². The van der Waals surface area contributed by atoms with Crippen molar-refractivity contribution >= 4 is 33.6 Å². The highest BCUT2D eigenvalue weighted by Crippen LogP contribution is 2.32. The van der Waals surface area contributed by atoms with Crippen LogP contribution in [0.3, 0.4) is 0 Å². The number of amidine groups is 1. The summed E-state index contributed by atoms with van der Waals surface area (Å²) in [5.41, 5.74) is 12.8. The van der Waals surface area contributed by atoms with Crippen molar-refractivity contribution in [3.8, 4) is 11.3 Å². The van der Waals surface area contributed by atoms with E-state index in [0.717, 1.165) is 21.0 Å². The quantitative estimate of drug-likeness (QED) is 0.552. The van der Waals surface area contributed by atoms with Crippen LogP contribution >= 0.6 is 22.7 Å². The molecule has 0 aliphatic heterocycles. The van der Waals surface area contributed by atoms with Crippen LogP contribution in [0.5, 0.6) is 0 Å². The van der Waals surface area contributed by atoms with Gasteiger partial charge in [0.2, 0.25) is 0 Å². The molecule has 2 heterocycles. The highest BCUT2D eigenvalue weighted by molar-refractivity contribution is 7.15. The van der Waals surface area contributed by atoms with Crippen molar-refractivity contribution in [1.29, 1.82) is 5.41 Å². The number of thiazole rings is 1. The first-order chi connectivity index (χ1) is 7.08. The first kappa shape index (κ1) is 10.1. The number of thiophene rings is 1. The molecule has 4 nitrogen and oxygen atoms in total. The molecule has 0 aromatic carbocycles. The van der Waals surface area contributed by atoms with Gasteiger partial charge in [0.05, 0.1) is 10.6 Å². The summed E-state index contributed by atoms with van der Waals surface area (Å²) in [6, 6.07) is 1.98. The molecule has 2 aromatic rings. The predicted molar refractivity (Wildman–Crippen MR) is 65.6 cm³/mol. The number of nitrogens with two attached hydrogens (primary N) is 2. The van der Waals surface area contributed by atoms with E-state index in [9.17, 15) is 0 Å². The second-order valence-corrected chi connectivity index (χ2v) is 5.23. The highest BCUT2D eigenvalue weighted by Gasteiger charge is 2.13. The molecule has 0 aliphatic carbocycles. The van der Waals surface area contributed by atoms with Gasteiger partial charge in [0, 0.05) is 15.8 Å². The molecule has 0 amide bonds. The number of aryl methyl sites for hydroxylation is 1. The summed E-state index contributed by atoms with van der Waals surface area (Å²) < 4.78 is 0. The Kier molecular flexibility index (Phi) is 2.45. The second kappa shape index (κ2) is 3.63. The van der Waals surface area contributed by atoms with Crippen LogP contribution in [0.15, 0.2) is 11.4 Å². The third-order valence-electron chi connectivity index (χ3n) is 1.90. The Labute approximate surface area is 95.1 Å². The van der Waals surface area contributed by atoms with Crippen LogP contribution in [0.1, 0.15) is 9.75 Å². The molecule has 78 valence electrons. The van der Waals surface area contributed by atoms with Gasteiger partial charge in [-0.3, -0.25) is 5.41 Å². The number of hydrogen-bond donors (Lipinski definition) is 3. The number of nitrogen functional groups attached to an aromatic ring is 2. The lowest BCUT2D eigenvalue weighted by Crippen LogP contribution is -2.09. The maximum absolute atomic E-state index is 7.48. The van der Waals surface area contributed by atoms with Crippen molar-refractivity contribution in [3.05, 3.63) is 21.2 Å².